The number of aliphatic carboxylic acids is 1. The van der Waals surface area contributed by atoms with E-state index in [0.717, 1.165) is 38.9 Å². The van der Waals surface area contributed by atoms with Crippen molar-refractivity contribution in [1.29, 1.82) is 0 Å². The minimum atomic E-state index is -1.18. The number of carboxylic acids is 1. The summed E-state index contributed by atoms with van der Waals surface area (Å²) in [4.78, 5) is 14.1. The van der Waals surface area contributed by atoms with E-state index in [2.05, 4.69) is 54.3 Å². The standard InChI is InChI=1S/C23H35BN2O3/c1-3-26(18-20-12-8-11-19-10-4-5-13-21(19)20)17-9-15-23(25,22(27)28)14-6-7-16-24(2)29/h4-5,8,10-13,29H,3,6-7,9,14-18,25H2,1-2H3,(H,27,28). The van der Waals surface area contributed by atoms with Crippen LogP contribution < -0.4 is 5.73 Å². The highest BCUT2D eigenvalue weighted by atomic mass is 16.4. The second-order valence-electron chi connectivity index (χ2n) is 8.17. The Hall–Kier alpha value is -1.89. The van der Waals surface area contributed by atoms with E-state index < -0.39 is 11.5 Å². The average Bonchev–Trinajstić information content (AvgIpc) is 2.70. The van der Waals surface area contributed by atoms with Crippen molar-refractivity contribution in [2.75, 3.05) is 13.1 Å². The van der Waals surface area contributed by atoms with Crippen molar-refractivity contribution in [3.63, 3.8) is 0 Å². The van der Waals surface area contributed by atoms with Crippen molar-refractivity contribution in [1.82, 2.24) is 4.90 Å². The van der Waals surface area contributed by atoms with Crippen molar-refractivity contribution < 1.29 is 14.9 Å². The van der Waals surface area contributed by atoms with Crippen LogP contribution in [0.3, 0.4) is 0 Å². The highest BCUT2D eigenvalue weighted by molar-refractivity contribution is 6.48. The minimum absolute atomic E-state index is 0.348. The first-order valence-electron chi connectivity index (χ1n) is 10.7. The second kappa shape index (κ2) is 11.3. The summed E-state index contributed by atoms with van der Waals surface area (Å²) in [6.07, 6.45) is 3.86. The van der Waals surface area contributed by atoms with E-state index in [1.165, 1.54) is 16.3 Å². The number of nitrogens with two attached hydrogens (primary N) is 1. The molecule has 0 aliphatic rings. The lowest BCUT2D eigenvalue weighted by Gasteiger charge is -2.27. The first kappa shape index (κ1) is 23.4. The summed E-state index contributed by atoms with van der Waals surface area (Å²) in [6, 6.07) is 14.8. The third kappa shape index (κ3) is 7.14. The number of hydrogen-bond acceptors (Lipinski definition) is 4. The molecule has 0 saturated carbocycles. The van der Waals surface area contributed by atoms with Gasteiger partial charge in [-0.25, -0.2) is 0 Å². The molecule has 0 aromatic heterocycles. The first-order valence-corrected chi connectivity index (χ1v) is 10.7. The molecule has 0 amide bonds. The van der Waals surface area contributed by atoms with Gasteiger partial charge >= 0.3 is 5.97 Å². The number of hydrogen-bond donors (Lipinski definition) is 3. The number of benzene rings is 2. The first-order chi connectivity index (χ1) is 13.9. The third-order valence-electron chi connectivity index (χ3n) is 5.74. The smallest absolute Gasteiger partial charge is 0.323 e. The van der Waals surface area contributed by atoms with Crippen LogP contribution in [0.4, 0.5) is 0 Å². The van der Waals surface area contributed by atoms with Crippen LogP contribution in [0.15, 0.2) is 42.5 Å². The van der Waals surface area contributed by atoms with E-state index in [-0.39, 0.29) is 6.92 Å². The summed E-state index contributed by atoms with van der Waals surface area (Å²) < 4.78 is 0. The number of carboxylic acid groups (broad SMARTS) is 1. The highest BCUT2D eigenvalue weighted by Crippen LogP contribution is 2.22. The Balaban J connectivity index is 1.90. The summed E-state index contributed by atoms with van der Waals surface area (Å²) in [6.45, 7) is 6.11. The molecule has 1 unspecified atom stereocenters. The summed E-state index contributed by atoms with van der Waals surface area (Å²) in [7, 11) is 0. The number of unbranched alkanes of at least 4 members (excludes halogenated alkanes) is 1. The SMILES string of the molecule is CCN(CCCC(N)(CCCCB(C)O)C(=O)O)Cc1cccc2ccccc12. The Labute approximate surface area is 175 Å². The van der Waals surface area contributed by atoms with Gasteiger partial charge in [-0.1, -0.05) is 69.1 Å². The van der Waals surface area contributed by atoms with Gasteiger partial charge in [-0.15, -0.1) is 0 Å². The monoisotopic (exact) mass is 398 g/mol. The van der Waals surface area contributed by atoms with Crippen LogP contribution in [0.25, 0.3) is 10.8 Å². The zero-order valence-corrected chi connectivity index (χ0v) is 17.8. The van der Waals surface area contributed by atoms with E-state index in [4.69, 9.17) is 5.73 Å². The van der Waals surface area contributed by atoms with Crippen molar-refractivity contribution >= 4 is 23.7 Å². The average molecular weight is 398 g/mol. The molecule has 0 heterocycles. The topological polar surface area (TPSA) is 86.8 Å². The van der Waals surface area contributed by atoms with Crippen molar-refractivity contribution in [3.8, 4) is 0 Å². The lowest BCUT2D eigenvalue weighted by molar-refractivity contribution is -0.144. The third-order valence-corrected chi connectivity index (χ3v) is 5.74. The zero-order chi connectivity index (χ0) is 21.3. The Kier molecular flexibility index (Phi) is 9.15. The predicted molar refractivity (Wildman–Crippen MR) is 121 cm³/mol. The lowest BCUT2D eigenvalue weighted by Crippen LogP contribution is -2.48. The Bertz CT molecular complexity index is 778. The van der Waals surface area contributed by atoms with Crippen LogP contribution in [0, 0.1) is 0 Å². The van der Waals surface area contributed by atoms with Gasteiger partial charge in [-0.2, -0.15) is 0 Å². The van der Waals surface area contributed by atoms with Gasteiger partial charge in [0.15, 0.2) is 0 Å². The van der Waals surface area contributed by atoms with Crippen LogP contribution in [0.1, 0.15) is 44.6 Å². The summed E-state index contributed by atoms with van der Waals surface area (Å²) in [5.74, 6) is -0.924. The molecule has 0 spiro atoms. The molecule has 0 radical (unpaired) electrons. The highest BCUT2D eigenvalue weighted by Gasteiger charge is 2.32. The fraction of sp³-hybridized carbons (Fsp3) is 0.522. The lowest BCUT2D eigenvalue weighted by atomic mass is 9.66. The largest absolute Gasteiger partial charge is 0.480 e. The Morgan fingerprint density at radius 3 is 2.48 bits per heavy atom. The van der Waals surface area contributed by atoms with Crippen molar-refractivity contribution in [2.24, 2.45) is 5.73 Å². The summed E-state index contributed by atoms with van der Waals surface area (Å²) in [5, 5.41) is 21.5. The van der Waals surface area contributed by atoms with Gasteiger partial charge in [-0.05, 0) is 55.0 Å². The molecule has 0 bridgehead atoms. The molecule has 1 atom stereocenters. The maximum atomic E-state index is 11.7. The van der Waals surface area contributed by atoms with E-state index in [9.17, 15) is 14.9 Å². The van der Waals surface area contributed by atoms with Crippen LogP contribution >= 0.6 is 0 Å². The van der Waals surface area contributed by atoms with Crippen LogP contribution in [0.2, 0.25) is 13.1 Å². The number of fused-ring (bicyclic) bond motifs is 1. The Morgan fingerprint density at radius 1 is 1.10 bits per heavy atom. The minimum Gasteiger partial charge on any atom is -0.480 e. The fourth-order valence-corrected chi connectivity index (χ4v) is 3.86. The van der Waals surface area contributed by atoms with Gasteiger partial charge in [0.05, 0.1) is 0 Å². The molecule has 0 aliphatic heterocycles. The van der Waals surface area contributed by atoms with Crippen LogP contribution in [-0.2, 0) is 11.3 Å². The maximum Gasteiger partial charge on any atom is 0.323 e. The van der Waals surface area contributed by atoms with E-state index >= 15 is 0 Å². The molecule has 5 nitrogen and oxygen atoms in total. The predicted octanol–water partition coefficient (Wildman–Crippen LogP) is 4.01. The van der Waals surface area contributed by atoms with Gasteiger partial charge in [0.2, 0.25) is 0 Å². The van der Waals surface area contributed by atoms with E-state index in [1.54, 1.807) is 6.82 Å². The van der Waals surface area contributed by atoms with E-state index in [1.807, 2.05) is 0 Å². The molecular weight excluding hydrogens is 363 g/mol. The zero-order valence-electron chi connectivity index (χ0n) is 17.8. The molecule has 2 rings (SSSR count). The molecular formula is C23H35BN2O3. The van der Waals surface area contributed by atoms with Crippen molar-refractivity contribution in [3.05, 3.63) is 48.0 Å². The van der Waals surface area contributed by atoms with Crippen molar-refractivity contribution in [2.45, 2.75) is 64.3 Å². The maximum absolute atomic E-state index is 11.7. The van der Waals surface area contributed by atoms with Gasteiger partial charge in [0.25, 0.3) is 6.92 Å². The van der Waals surface area contributed by atoms with Gasteiger partial charge in [0.1, 0.15) is 5.54 Å². The van der Waals surface area contributed by atoms with E-state index in [0.29, 0.717) is 19.2 Å². The van der Waals surface area contributed by atoms with Crippen LogP contribution in [-0.4, -0.2) is 46.5 Å². The number of rotatable bonds is 13. The quantitative estimate of drug-likeness (QED) is 0.351. The molecule has 29 heavy (non-hydrogen) atoms. The number of carbonyl (C=O) groups is 1. The number of nitrogens with zero attached hydrogens (tertiary/aromatic N) is 1. The fourth-order valence-electron chi connectivity index (χ4n) is 3.86. The van der Waals surface area contributed by atoms with Gasteiger partial charge in [-0.3, -0.25) is 9.69 Å². The second-order valence-corrected chi connectivity index (χ2v) is 8.17. The normalized spacial score (nSPS) is 13.6. The molecule has 2 aromatic rings. The molecule has 4 N–H and O–H groups in total. The van der Waals surface area contributed by atoms with Gasteiger partial charge < -0.3 is 15.9 Å². The molecule has 158 valence electrons. The molecule has 0 fully saturated rings. The summed E-state index contributed by atoms with van der Waals surface area (Å²) in [5.41, 5.74) is 6.34. The molecule has 6 heteroatoms. The molecule has 0 aliphatic carbocycles. The van der Waals surface area contributed by atoms with Gasteiger partial charge in [0, 0.05) is 6.54 Å². The Morgan fingerprint density at radius 2 is 1.79 bits per heavy atom. The molecule has 0 saturated heterocycles. The molecule has 2 aromatic carbocycles. The summed E-state index contributed by atoms with van der Waals surface area (Å²) >= 11 is 0. The van der Waals surface area contributed by atoms with Crippen LogP contribution in [0.5, 0.6) is 0 Å².